The largest absolute Gasteiger partial charge is 0.508 e. The summed E-state index contributed by atoms with van der Waals surface area (Å²) in [6.07, 6.45) is 0.603. The number of nitrogens with two attached hydrogens (primary N) is 1. The third-order valence-corrected chi connectivity index (χ3v) is 4.02. The van der Waals surface area contributed by atoms with Crippen molar-refractivity contribution in [2.75, 3.05) is 0 Å². The Balaban J connectivity index is 2.07. The molecule has 2 atom stereocenters. The van der Waals surface area contributed by atoms with Gasteiger partial charge in [-0.15, -0.1) is 0 Å². The Bertz CT molecular complexity index is 782. The Hall–Kier alpha value is -2.86. The number of esters is 1. The number of ether oxygens (including phenoxy) is 1. The fourth-order valence-electron chi connectivity index (χ4n) is 2.67. The molecule has 0 aliphatic carbocycles. The summed E-state index contributed by atoms with van der Waals surface area (Å²) in [7, 11) is 0. The van der Waals surface area contributed by atoms with Crippen LogP contribution in [0.3, 0.4) is 0 Å². The molecule has 0 spiro atoms. The molecule has 0 fully saturated rings. The minimum atomic E-state index is -0.833. The first-order chi connectivity index (χ1) is 13.1. The van der Waals surface area contributed by atoms with Gasteiger partial charge in [0.15, 0.2) is 0 Å². The highest BCUT2D eigenvalue weighted by Gasteiger charge is 2.28. The fraction of sp³-hybridized carbons (Fsp3) is 0.364. The number of carbonyl (C=O) groups is 2. The average Bonchev–Trinajstić information content (AvgIpc) is 2.62. The first-order valence-electron chi connectivity index (χ1n) is 9.25. The average molecular weight is 384 g/mol. The van der Waals surface area contributed by atoms with Gasteiger partial charge in [-0.25, -0.2) is 4.79 Å². The molecular formula is C22H28N2O4. The molecule has 0 radical (unpaired) electrons. The smallest absolute Gasteiger partial charge is 0.329 e. The predicted molar refractivity (Wildman–Crippen MR) is 108 cm³/mol. The molecule has 1 amide bonds. The highest BCUT2D eigenvalue weighted by atomic mass is 16.6. The Morgan fingerprint density at radius 3 is 2.14 bits per heavy atom. The summed E-state index contributed by atoms with van der Waals surface area (Å²) < 4.78 is 5.46. The molecule has 4 N–H and O–H groups in total. The second-order valence-corrected chi connectivity index (χ2v) is 7.76. The first kappa shape index (κ1) is 21.4. The van der Waals surface area contributed by atoms with Gasteiger partial charge in [0.05, 0.1) is 6.04 Å². The lowest BCUT2D eigenvalue weighted by atomic mass is 10.0. The normalized spacial score (nSPS) is 13.4. The van der Waals surface area contributed by atoms with Crippen LogP contribution in [0.15, 0.2) is 54.6 Å². The molecule has 2 aromatic rings. The molecule has 150 valence electrons. The summed E-state index contributed by atoms with van der Waals surface area (Å²) in [5.41, 5.74) is 7.09. The Labute approximate surface area is 165 Å². The van der Waals surface area contributed by atoms with Crippen LogP contribution in [0.2, 0.25) is 0 Å². The summed E-state index contributed by atoms with van der Waals surface area (Å²) in [6, 6.07) is 14.2. The summed E-state index contributed by atoms with van der Waals surface area (Å²) in [6.45, 7) is 5.34. The topological polar surface area (TPSA) is 102 Å². The van der Waals surface area contributed by atoms with Gasteiger partial charge in [0, 0.05) is 6.42 Å². The lowest BCUT2D eigenvalue weighted by Gasteiger charge is -2.25. The SMILES string of the molecule is CC(C)(C)OC(=O)[C@H](Cc1ccccc1)NC(=O)[C@@H](N)Cc1ccc(O)cc1. The maximum absolute atomic E-state index is 12.6. The van der Waals surface area contributed by atoms with E-state index in [0.717, 1.165) is 11.1 Å². The van der Waals surface area contributed by atoms with E-state index in [1.807, 2.05) is 30.3 Å². The number of hydrogen-bond acceptors (Lipinski definition) is 5. The zero-order valence-corrected chi connectivity index (χ0v) is 16.5. The van der Waals surface area contributed by atoms with Crippen LogP contribution in [0.1, 0.15) is 31.9 Å². The standard InChI is InChI=1S/C22H28N2O4/c1-22(2,3)28-21(27)19(14-15-7-5-4-6-8-15)24-20(26)18(23)13-16-9-11-17(25)12-10-16/h4-12,18-19,25H,13-14,23H2,1-3H3,(H,24,26)/t18-,19-/m0/s1. The molecule has 0 bridgehead atoms. The molecule has 0 saturated carbocycles. The van der Waals surface area contributed by atoms with Gasteiger partial charge >= 0.3 is 5.97 Å². The van der Waals surface area contributed by atoms with E-state index in [-0.39, 0.29) is 5.75 Å². The summed E-state index contributed by atoms with van der Waals surface area (Å²) >= 11 is 0. The molecule has 2 aromatic carbocycles. The number of benzene rings is 2. The molecule has 6 nitrogen and oxygen atoms in total. The Morgan fingerprint density at radius 1 is 1.00 bits per heavy atom. The first-order valence-corrected chi connectivity index (χ1v) is 9.25. The van der Waals surface area contributed by atoms with Gasteiger partial charge in [-0.05, 0) is 50.5 Å². The number of nitrogens with one attached hydrogen (secondary N) is 1. The Morgan fingerprint density at radius 2 is 1.57 bits per heavy atom. The summed E-state index contributed by atoms with van der Waals surface area (Å²) in [4.78, 5) is 25.2. The zero-order valence-electron chi connectivity index (χ0n) is 16.5. The second-order valence-electron chi connectivity index (χ2n) is 7.76. The van der Waals surface area contributed by atoms with Crippen molar-refractivity contribution in [3.05, 3.63) is 65.7 Å². The quantitative estimate of drug-likeness (QED) is 0.636. The molecule has 0 saturated heterocycles. The highest BCUT2D eigenvalue weighted by molar-refractivity contribution is 5.88. The molecule has 28 heavy (non-hydrogen) atoms. The van der Waals surface area contributed by atoms with Crippen molar-refractivity contribution in [2.24, 2.45) is 5.73 Å². The van der Waals surface area contributed by atoms with Gasteiger partial charge < -0.3 is 20.9 Å². The van der Waals surface area contributed by atoms with Gasteiger partial charge in [-0.3, -0.25) is 4.79 Å². The number of rotatable bonds is 7. The van der Waals surface area contributed by atoms with Gasteiger partial charge in [0.1, 0.15) is 17.4 Å². The number of carbonyl (C=O) groups excluding carboxylic acids is 2. The third-order valence-electron chi connectivity index (χ3n) is 4.02. The lowest BCUT2D eigenvalue weighted by molar-refractivity contribution is -0.158. The van der Waals surface area contributed by atoms with E-state index in [2.05, 4.69) is 5.32 Å². The molecule has 2 rings (SSSR count). The predicted octanol–water partition coefficient (Wildman–Crippen LogP) is 2.33. The number of phenols is 1. The van der Waals surface area contributed by atoms with Gasteiger partial charge in [0.25, 0.3) is 0 Å². The van der Waals surface area contributed by atoms with E-state index >= 15 is 0 Å². The van der Waals surface area contributed by atoms with Crippen LogP contribution in [0, 0.1) is 0 Å². The van der Waals surface area contributed by atoms with Crippen LogP contribution in [0.5, 0.6) is 5.75 Å². The van der Waals surface area contributed by atoms with Crippen LogP contribution in [0.4, 0.5) is 0 Å². The maximum Gasteiger partial charge on any atom is 0.329 e. The van der Waals surface area contributed by atoms with Gasteiger partial charge in [-0.1, -0.05) is 42.5 Å². The highest BCUT2D eigenvalue weighted by Crippen LogP contribution is 2.13. The summed E-state index contributed by atoms with van der Waals surface area (Å²) in [5.74, 6) is -0.781. The molecule has 0 aliphatic rings. The van der Waals surface area contributed by atoms with Crippen molar-refractivity contribution in [1.82, 2.24) is 5.32 Å². The molecular weight excluding hydrogens is 356 g/mol. The van der Waals surface area contributed by atoms with E-state index in [1.165, 1.54) is 0 Å². The lowest BCUT2D eigenvalue weighted by Crippen LogP contribution is -2.51. The molecule has 6 heteroatoms. The molecule has 0 heterocycles. The van der Waals surface area contributed by atoms with Crippen LogP contribution in [-0.4, -0.2) is 34.7 Å². The van der Waals surface area contributed by atoms with E-state index in [1.54, 1.807) is 45.0 Å². The Kier molecular flexibility index (Phi) is 7.18. The van der Waals surface area contributed by atoms with Crippen LogP contribution >= 0.6 is 0 Å². The van der Waals surface area contributed by atoms with E-state index in [0.29, 0.717) is 12.8 Å². The molecule has 0 aromatic heterocycles. The molecule has 0 unspecified atom stereocenters. The van der Waals surface area contributed by atoms with E-state index in [4.69, 9.17) is 10.5 Å². The van der Waals surface area contributed by atoms with Crippen molar-refractivity contribution >= 4 is 11.9 Å². The second kappa shape index (κ2) is 9.37. The monoisotopic (exact) mass is 384 g/mol. The summed E-state index contributed by atoms with van der Waals surface area (Å²) in [5, 5.41) is 12.1. The van der Waals surface area contributed by atoms with Gasteiger partial charge in [0.2, 0.25) is 5.91 Å². The minimum Gasteiger partial charge on any atom is -0.508 e. The van der Waals surface area contributed by atoms with Crippen LogP contribution in [-0.2, 0) is 27.2 Å². The van der Waals surface area contributed by atoms with Crippen molar-refractivity contribution < 1.29 is 19.4 Å². The minimum absolute atomic E-state index is 0.148. The number of amides is 1. The van der Waals surface area contributed by atoms with E-state index in [9.17, 15) is 14.7 Å². The maximum atomic E-state index is 12.6. The van der Waals surface area contributed by atoms with Crippen molar-refractivity contribution in [2.45, 2.75) is 51.3 Å². The van der Waals surface area contributed by atoms with Crippen molar-refractivity contribution in [1.29, 1.82) is 0 Å². The van der Waals surface area contributed by atoms with Gasteiger partial charge in [-0.2, -0.15) is 0 Å². The van der Waals surface area contributed by atoms with Crippen molar-refractivity contribution in [3.63, 3.8) is 0 Å². The van der Waals surface area contributed by atoms with Crippen LogP contribution in [0.25, 0.3) is 0 Å². The fourth-order valence-corrected chi connectivity index (χ4v) is 2.67. The van der Waals surface area contributed by atoms with Crippen molar-refractivity contribution in [3.8, 4) is 5.75 Å². The number of aromatic hydroxyl groups is 1. The zero-order chi connectivity index (χ0) is 20.7. The number of phenolic OH excluding ortho intramolecular Hbond substituents is 1. The van der Waals surface area contributed by atoms with Crippen LogP contribution < -0.4 is 11.1 Å². The number of hydrogen-bond donors (Lipinski definition) is 3. The molecule has 0 aliphatic heterocycles. The van der Waals surface area contributed by atoms with E-state index < -0.39 is 29.6 Å². The third kappa shape index (κ3) is 7.04.